The number of carbonyl (C=O) groups excluding carboxylic acids is 1. The van der Waals surface area contributed by atoms with E-state index in [0.717, 1.165) is 11.1 Å². The molecule has 2 aromatic rings. The van der Waals surface area contributed by atoms with E-state index in [0.29, 0.717) is 16.4 Å². The molecule has 0 spiro atoms. The number of aromatic hydroxyl groups is 2. The van der Waals surface area contributed by atoms with E-state index in [9.17, 15) is 15.0 Å². The SMILES string of the molecule is Cc1cc2c(c(Nc3cc(O)n(CCO)c3O)c1C)=NC(=O)N=2. The highest BCUT2D eigenvalue weighted by atomic mass is 16.3. The Balaban J connectivity index is 2.13. The number of urea groups is 1. The molecule has 2 heterocycles. The van der Waals surface area contributed by atoms with Gasteiger partial charge in [0.05, 0.1) is 24.2 Å². The number of amides is 2. The number of aliphatic hydroxyl groups excluding tert-OH is 1. The molecule has 8 heteroatoms. The first-order chi connectivity index (χ1) is 10.9. The number of hydrogen-bond acceptors (Lipinski definition) is 5. The Morgan fingerprint density at radius 1 is 1.22 bits per heavy atom. The van der Waals surface area contributed by atoms with Gasteiger partial charge in [-0.2, -0.15) is 9.98 Å². The number of nitrogens with zero attached hydrogens (tertiary/aromatic N) is 3. The van der Waals surface area contributed by atoms with Crippen molar-refractivity contribution in [3.63, 3.8) is 0 Å². The lowest BCUT2D eigenvalue weighted by atomic mass is 10.1. The zero-order valence-electron chi connectivity index (χ0n) is 12.7. The van der Waals surface area contributed by atoms with Gasteiger partial charge >= 0.3 is 6.03 Å². The molecule has 120 valence electrons. The van der Waals surface area contributed by atoms with Gasteiger partial charge in [0.1, 0.15) is 11.0 Å². The van der Waals surface area contributed by atoms with E-state index in [1.807, 2.05) is 13.8 Å². The second-order valence-electron chi connectivity index (χ2n) is 5.31. The van der Waals surface area contributed by atoms with E-state index in [4.69, 9.17) is 5.11 Å². The van der Waals surface area contributed by atoms with Crippen molar-refractivity contribution in [2.45, 2.75) is 20.4 Å². The largest absolute Gasteiger partial charge is 0.494 e. The second kappa shape index (κ2) is 5.40. The maximum absolute atomic E-state index is 11.5. The quantitative estimate of drug-likeness (QED) is 0.659. The first-order valence-corrected chi connectivity index (χ1v) is 7.03. The van der Waals surface area contributed by atoms with Crippen LogP contribution in [0.1, 0.15) is 11.1 Å². The van der Waals surface area contributed by atoms with Crippen LogP contribution in [0.4, 0.5) is 16.2 Å². The first kappa shape index (κ1) is 15.0. The lowest BCUT2D eigenvalue weighted by Crippen LogP contribution is -2.26. The van der Waals surface area contributed by atoms with Crippen LogP contribution < -0.4 is 16.0 Å². The molecule has 1 aromatic heterocycles. The Morgan fingerprint density at radius 2 is 1.96 bits per heavy atom. The van der Waals surface area contributed by atoms with Crippen molar-refractivity contribution in [1.29, 1.82) is 0 Å². The Morgan fingerprint density at radius 3 is 2.65 bits per heavy atom. The van der Waals surface area contributed by atoms with Gasteiger partial charge in [-0.3, -0.25) is 4.57 Å². The number of nitrogens with one attached hydrogen (secondary N) is 1. The monoisotopic (exact) mass is 316 g/mol. The highest BCUT2D eigenvalue weighted by Crippen LogP contribution is 2.34. The molecule has 0 aliphatic carbocycles. The third-order valence-electron chi connectivity index (χ3n) is 3.85. The van der Waals surface area contributed by atoms with Crippen LogP contribution in [0.2, 0.25) is 0 Å². The molecule has 0 saturated heterocycles. The second-order valence-corrected chi connectivity index (χ2v) is 5.31. The molecule has 1 aliphatic heterocycles. The van der Waals surface area contributed by atoms with Crippen LogP contribution in [0.3, 0.4) is 0 Å². The molecule has 0 unspecified atom stereocenters. The van der Waals surface area contributed by atoms with Crippen LogP contribution >= 0.6 is 0 Å². The summed E-state index contributed by atoms with van der Waals surface area (Å²) in [4.78, 5) is 19.2. The zero-order chi connectivity index (χ0) is 16.7. The van der Waals surface area contributed by atoms with E-state index in [1.54, 1.807) is 6.07 Å². The van der Waals surface area contributed by atoms with Gasteiger partial charge in [-0.1, -0.05) is 0 Å². The van der Waals surface area contributed by atoms with Crippen molar-refractivity contribution in [2.24, 2.45) is 9.98 Å². The van der Waals surface area contributed by atoms with Crippen LogP contribution in [-0.4, -0.2) is 32.5 Å². The maximum Gasteiger partial charge on any atom is 0.368 e. The van der Waals surface area contributed by atoms with Gasteiger partial charge in [0.2, 0.25) is 5.88 Å². The van der Waals surface area contributed by atoms with Crippen molar-refractivity contribution >= 4 is 17.4 Å². The summed E-state index contributed by atoms with van der Waals surface area (Å²) in [6, 6.07) is 2.55. The van der Waals surface area contributed by atoms with Crippen LogP contribution in [0, 0.1) is 13.8 Å². The highest BCUT2D eigenvalue weighted by molar-refractivity contribution is 5.80. The number of hydrogen-bond donors (Lipinski definition) is 4. The minimum atomic E-state index is -0.571. The van der Waals surface area contributed by atoms with Gasteiger partial charge in [-0.05, 0) is 31.0 Å². The summed E-state index contributed by atoms with van der Waals surface area (Å²) in [6.07, 6.45) is 0. The lowest BCUT2D eigenvalue weighted by Gasteiger charge is -2.11. The Hall–Kier alpha value is -2.87. The summed E-state index contributed by atoms with van der Waals surface area (Å²) >= 11 is 0. The van der Waals surface area contributed by atoms with E-state index in [-0.39, 0.29) is 30.6 Å². The summed E-state index contributed by atoms with van der Waals surface area (Å²) in [7, 11) is 0. The number of aryl methyl sites for hydroxylation is 1. The molecule has 1 aliphatic rings. The van der Waals surface area contributed by atoms with Crippen LogP contribution in [0.15, 0.2) is 22.1 Å². The van der Waals surface area contributed by atoms with Crippen LogP contribution in [0.25, 0.3) is 0 Å². The minimum Gasteiger partial charge on any atom is -0.494 e. The van der Waals surface area contributed by atoms with Crippen molar-refractivity contribution in [3.8, 4) is 11.8 Å². The number of fused-ring (bicyclic) bond motifs is 1. The van der Waals surface area contributed by atoms with Gasteiger partial charge in [0.25, 0.3) is 0 Å². The van der Waals surface area contributed by atoms with E-state index >= 15 is 0 Å². The molecule has 4 N–H and O–H groups in total. The van der Waals surface area contributed by atoms with Gasteiger partial charge < -0.3 is 20.6 Å². The normalized spacial score (nSPS) is 12.7. The highest BCUT2D eigenvalue weighted by Gasteiger charge is 2.18. The molecule has 0 radical (unpaired) electrons. The average molecular weight is 316 g/mol. The number of benzene rings is 1. The fourth-order valence-corrected chi connectivity index (χ4v) is 2.53. The average Bonchev–Trinajstić information content (AvgIpc) is 2.98. The number of aromatic nitrogens is 1. The van der Waals surface area contributed by atoms with Gasteiger partial charge in [-0.25, -0.2) is 4.79 Å². The van der Waals surface area contributed by atoms with Gasteiger partial charge in [0, 0.05) is 6.07 Å². The molecular weight excluding hydrogens is 300 g/mol. The Bertz CT molecular complexity index is 930. The molecule has 8 nitrogen and oxygen atoms in total. The Kier molecular flexibility index (Phi) is 3.53. The van der Waals surface area contributed by atoms with E-state index < -0.39 is 6.03 Å². The molecule has 0 fully saturated rings. The topological polar surface area (TPSA) is 119 Å². The molecule has 23 heavy (non-hydrogen) atoms. The number of rotatable bonds is 4. The van der Waals surface area contributed by atoms with Crippen molar-refractivity contribution < 1.29 is 20.1 Å². The maximum atomic E-state index is 11.5. The Labute approximate surface area is 131 Å². The lowest BCUT2D eigenvalue weighted by molar-refractivity contribution is 0.256. The fraction of sp³-hybridized carbons (Fsp3) is 0.267. The molecule has 1 aromatic carbocycles. The molecular formula is C15H16N4O4. The number of aliphatic hydroxyl groups is 1. The zero-order valence-corrected chi connectivity index (χ0v) is 12.7. The van der Waals surface area contributed by atoms with E-state index in [2.05, 4.69) is 15.3 Å². The van der Waals surface area contributed by atoms with E-state index in [1.165, 1.54) is 10.6 Å². The van der Waals surface area contributed by atoms with Crippen molar-refractivity contribution in [1.82, 2.24) is 4.57 Å². The third-order valence-corrected chi connectivity index (χ3v) is 3.85. The minimum absolute atomic E-state index is 0.0580. The smallest absolute Gasteiger partial charge is 0.368 e. The van der Waals surface area contributed by atoms with Gasteiger partial charge in [0.15, 0.2) is 5.88 Å². The van der Waals surface area contributed by atoms with Gasteiger partial charge in [-0.15, -0.1) is 0 Å². The number of anilines is 2. The molecule has 3 rings (SSSR count). The summed E-state index contributed by atoms with van der Waals surface area (Å²) in [5.74, 6) is -0.397. The third kappa shape index (κ3) is 2.42. The standard InChI is InChI=1S/C15H16N4O4/c1-7-5-9-13(18-15(23)17-9)12(8(7)2)16-10-6-11(21)19(3-4-20)14(10)22/h5-6,16,20-22H,3-4H2,1-2H3. The first-order valence-electron chi connectivity index (χ1n) is 7.03. The summed E-state index contributed by atoms with van der Waals surface area (Å²) in [6.45, 7) is 3.57. The molecule has 0 atom stereocenters. The molecule has 0 bridgehead atoms. The summed E-state index contributed by atoms with van der Waals surface area (Å²) in [5.41, 5.74) is 2.57. The summed E-state index contributed by atoms with van der Waals surface area (Å²) in [5, 5.41) is 32.9. The van der Waals surface area contributed by atoms with Crippen molar-refractivity contribution in [3.05, 3.63) is 34.0 Å². The molecule has 2 amide bonds. The van der Waals surface area contributed by atoms with Crippen molar-refractivity contribution in [2.75, 3.05) is 11.9 Å². The number of carbonyl (C=O) groups is 1. The van der Waals surface area contributed by atoms with Crippen LogP contribution in [0.5, 0.6) is 11.8 Å². The molecule has 0 saturated carbocycles. The fourth-order valence-electron chi connectivity index (χ4n) is 2.53. The predicted molar refractivity (Wildman–Crippen MR) is 81.8 cm³/mol. The van der Waals surface area contributed by atoms with Crippen LogP contribution in [-0.2, 0) is 6.54 Å². The summed E-state index contributed by atoms with van der Waals surface area (Å²) < 4.78 is 1.17. The predicted octanol–water partition coefficient (Wildman–Crippen LogP) is 0.625.